The van der Waals surface area contributed by atoms with Crippen LogP contribution in [0.1, 0.15) is 22.5 Å². The van der Waals surface area contributed by atoms with Gasteiger partial charge in [0.2, 0.25) is 0 Å². The summed E-state index contributed by atoms with van der Waals surface area (Å²) < 4.78 is 12.5. The van der Waals surface area contributed by atoms with Crippen LogP contribution in [0.15, 0.2) is 235 Å². The molecular formula is C63H38N2OS2. The largest absolute Gasteiger partial charge is 0.459 e. The lowest BCUT2D eigenvalue weighted by Crippen LogP contribution is -2.26. The third-order valence-corrected chi connectivity index (χ3v) is 16.8. The van der Waals surface area contributed by atoms with E-state index in [-0.39, 0.29) is 0 Å². The molecule has 15 rings (SSSR count). The molecule has 0 amide bonds. The zero-order chi connectivity index (χ0) is 44.5. The Morgan fingerprint density at radius 2 is 0.882 bits per heavy atom. The summed E-state index contributed by atoms with van der Waals surface area (Å²) in [6.45, 7) is 0. The summed E-state index contributed by atoms with van der Waals surface area (Å²) >= 11 is 3.72. The molecule has 0 fully saturated rings. The van der Waals surface area contributed by atoms with Crippen LogP contribution < -0.4 is 9.80 Å². The van der Waals surface area contributed by atoms with Gasteiger partial charge in [-0.15, -0.1) is 22.7 Å². The smallest absolute Gasteiger partial charge is 0.135 e. The van der Waals surface area contributed by atoms with Gasteiger partial charge in [-0.3, -0.25) is 0 Å². The number of para-hydroxylation sites is 3. The minimum atomic E-state index is -0.760. The molecule has 68 heavy (non-hydrogen) atoms. The Bertz CT molecular complexity index is 4180. The molecule has 0 bridgehead atoms. The molecule has 3 aromatic heterocycles. The molecule has 0 radical (unpaired) electrons. The van der Waals surface area contributed by atoms with E-state index in [1.54, 1.807) is 0 Å². The Hall–Kier alpha value is -8.22. The number of fused-ring (bicyclic) bond motifs is 18. The molecule has 13 aromatic rings. The van der Waals surface area contributed by atoms with Crippen LogP contribution in [-0.2, 0) is 5.41 Å². The maximum Gasteiger partial charge on any atom is 0.135 e. The van der Waals surface area contributed by atoms with Crippen molar-refractivity contribution in [3.63, 3.8) is 0 Å². The second-order valence-electron chi connectivity index (χ2n) is 17.9. The van der Waals surface area contributed by atoms with E-state index in [1.807, 2.05) is 22.7 Å². The predicted octanol–water partition coefficient (Wildman–Crippen LogP) is 18.5. The monoisotopic (exact) mass is 902 g/mol. The summed E-state index contributed by atoms with van der Waals surface area (Å²) in [6, 6.07) is 84.8. The van der Waals surface area contributed by atoms with E-state index >= 15 is 0 Å². The SMILES string of the molecule is c1ccc(N(c2ccc3c(c2)C2(c4ccccc4-3)c3cc(N(c4ccccc4)c4cccc5c4sc4ccccc45)ccc3-c3c2oc2ccccc32)c2ccc3sc4ccccc4c3c2)cc1. The number of benzene rings is 10. The van der Waals surface area contributed by atoms with Crippen molar-refractivity contribution in [2.45, 2.75) is 5.41 Å². The summed E-state index contributed by atoms with van der Waals surface area (Å²) in [5, 5.41) is 6.25. The zero-order valence-corrected chi connectivity index (χ0v) is 38.2. The molecule has 318 valence electrons. The minimum absolute atomic E-state index is 0.760. The summed E-state index contributed by atoms with van der Waals surface area (Å²) in [5.74, 6) is 0.976. The van der Waals surface area contributed by atoms with Crippen molar-refractivity contribution in [3.05, 3.63) is 253 Å². The van der Waals surface area contributed by atoms with Gasteiger partial charge in [-0.1, -0.05) is 140 Å². The van der Waals surface area contributed by atoms with Crippen molar-refractivity contribution < 1.29 is 4.42 Å². The first kappa shape index (κ1) is 37.9. The Morgan fingerprint density at radius 3 is 1.68 bits per heavy atom. The first-order valence-corrected chi connectivity index (χ1v) is 24.8. The van der Waals surface area contributed by atoms with Gasteiger partial charge < -0.3 is 14.2 Å². The fraction of sp³-hybridized carbons (Fsp3) is 0.0159. The molecule has 1 unspecified atom stereocenters. The lowest BCUT2D eigenvalue weighted by Gasteiger charge is -2.32. The van der Waals surface area contributed by atoms with Gasteiger partial charge in [-0.2, -0.15) is 0 Å². The van der Waals surface area contributed by atoms with Crippen LogP contribution in [0.2, 0.25) is 0 Å². The summed E-state index contributed by atoms with van der Waals surface area (Å²) in [6.07, 6.45) is 0. The highest BCUT2D eigenvalue weighted by Gasteiger charge is 2.55. The van der Waals surface area contributed by atoms with Gasteiger partial charge in [-0.05, 0) is 124 Å². The topological polar surface area (TPSA) is 19.6 Å². The van der Waals surface area contributed by atoms with Gasteiger partial charge in [0, 0.05) is 75.0 Å². The molecule has 2 aliphatic rings. The molecule has 2 aliphatic carbocycles. The number of rotatable bonds is 6. The highest BCUT2D eigenvalue weighted by Crippen LogP contribution is 2.66. The Kier molecular flexibility index (Phi) is 8.03. The third-order valence-electron chi connectivity index (χ3n) is 14.4. The highest BCUT2D eigenvalue weighted by molar-refractivity contribution is 7.26. The fourth-order valence-electron chi connectivity index (χ4n) is 11.6. The normalized spacial score (nSPS) is 14.5. The zero-order valence-electron chi connectivity index (χ0n) is 36.6. The Balaban J connectivity index is 1.01. The Morgan fingerprint density at radius 1 is 0.338 bits per heavy atom. The van der Waals surface area contributed by atoms with Crippen LogP contribution in [0.25, 0.3) is 73.6 Å². The number of hydrogen-bond acceptors (Lipinski definition) is 5. The molecule has 0 saturated carbocycles. The Labute approximate surface area is 400 Å². The number of hydrogen-bond donors (Lipinski definition) is 0. The second kappa shape index (κ2) is 14.4. The molecule has 0 saturated heterocycles. The predicted molar refractivity (Wildman–Crippen MR) is 288 cm³/mol. The third kappa shape index (κ3) is 5.23. The molecule has 0 aliphatic heterocycles. The van der Waals surface area contributed by atoms with Gasteiger partial charge >= 0.3 is 0 Å². The van der Waals surface area contributed by atoms with E-state index in [1.165, 1.54) is 79.3 Å². The summed E-state index contributed by atoms with van der Waals surface area (Å²) in [7, 11) is 0. The van der Waals surface area contributed by atoms with Gasteiger partial charge in [0.25, 0.3) is 0 Å². The van der Waals surface area contributed by atoms with Crippen molar-refractivity contribution in [2.24, 2.45) is 0 Å². The maximum absolute atomic E-state index is 7.33. The van der Waals surface area contributed by atoms with E-state index < -0.39 is 5.41 Å². The van der Waals surface area contributed by atoms with Crippen LogP contribution in [-0.4, -0.2) is 0 Å². The average molecular weight is 903 g/mol. The standard InChI is InChI=1S/C63H38N2OS2/c1-3-16-39(17-4-1)64(41-32-35-59-51(36-41)47-22-10-13-28-57(47)67-59)42-30-33-45-44-20-7-11-25-52(44)63(53(45)37-42)54-38-43(31-34-49(54)60-50-23-8-12-27-56(50)66-62(60)63)65(40-18-5-2-6-19-40)55-26-15-24-48-46-21-9-14-29-58(46)68-61(48)55/h1-38H. The van der Waals surface area contributed by atoms with Crippen LogP contribution >= 0.6 is 22.7 Å². The number of anilines is 6. The number of furan rings is 1. The lowest BCUT2D eigenvalue weighted by atomic mass is 9.73. The molecule has 3 nitrogen and oxygen atoms in total. The van der Waals surface area contributed by atoms with Gasteiger partial charge in [0.1, 0.15) is 16.8 Å². The molecule has 1 atom stereocenters. The van der Waals surface area contributed by atoms with E-state index in [2.05, 4.69) is 240 Å². The molecule has 3 heterocycles. The van der Waals surface area contributed by atoms with Crippen molar-refractivity contribution in [2.75, 3.05) is 9.80 Å². The van der Waals surface area contributed by atoms with Crippen molar-refractivity contribution in [3.8, 4) is 22.3 Å². The number of thiophene rings is 2. The van der Waals surface area contributed by atoms with Crippen LogP contribution in [0.4, 0.5) is 34.1 Å². The summed E-state index contributed by atoms with van der Waals surface area (Å²) in [5.41, 5.74) is 15.3. The molecular weight excluding hydrogens is 865 g/mol. The van der Waals surface area contributed by atoms with E-state index in [0.29, 0.717) is 0 Å². The number of nitrogens with zero attached hydrogens (tertiary/aromatic N) is 2. The van der Waals surface area contributed by atoms with Crippen LogP contribution in [0, 0.1) is 0 Å². The quantitative estimate of drug-likeness (QED) is 0.166. The molecule has 0 N–H and O–H groups in total. The first-order chi connectivity index (χ1) is 33.7. The van der Waals surface area contributed by atoms with Gasteiger partial charge in [0.05, 0.1) is 10.4 Å². The van der Waals surface area contributed by atoms with E-state index in [9.17, 15) is 0 Å². The fourth-order valence-corrected chi connectivity index (χ4v) is 13.9. The molecule has 10 aromatic carbocycles. The first-order valence-electron chi connectivity index (χ1n) is 23.2. The van der Waals surface area contributed by atoms with E-state index in [0.717, 1.165) is 50.9 Å². The van der Waals surface area contributed by atoms with Crippen molar-refractivity contribution in [1.29, 1.82) is 0 Å². The molecule has 5 heteroatoms. The second-order valence-corrected chi connectivity index (χ2v) is 20.1. The van der Waals surface area contributed by atoms with Crippen LogP contribution in [0.3, 0.4) is 0 Å². The van der Waals surface area contributed by atoms with Gasteiger partial charge in [-0.25, -0.2) is 0 Å². The minimum Gasteiger partial charge on any atom is -0.459 e. The van der Waals surface area contributed by atoms with Crippen molar-refractivity contribution >= 4 is 108 Å². The average Bonchev–Trinajstić information content (AvgIpc) is 4.20. The summed E-state index contributed by atoms with van der Waals surface area (Å²) in [4.78, 5) is 4.89. The highest BCUT2D eigenvalue weighted by atomic mass is 32.1. The molecule has 1 spiro atoms. The van der Waals surface area contributed by atoms with Crippen LogP contribution in [0.5, 0.6) is 0 Å². The lowest BCUT2D eigenvalue weighted by molar-refractivity contribution is 0.507. The van der Waals surface area contributed by atoms with Crippen molar-refractivity contribution in [1.82, 2.24) is 0 Å². The van der Waals surface area contributed by atoms with E-state index in [4.69, 9.17) is 4.42 Å². The maximum atomic E-state index is 7.33. The van der Waals surface area contributed by atoms with Gasteiger partial charge in [0.15, 0.2) is 0 Å².